The van der Waals surface area contributed by atoms with Crippen LogP contribution in [0.3, 0.4) is 0 Å². The highest BCUT2D eigenvalue weighted by Gasteiger charge is 2.07. The van der Waals surface area contributed by atoms with Crippen LogP contribution < -0.4 is 15.0 Å². The van der Waals surface area contributed by atoms with Crippen LogP contribution in [0.15, 0.2) is 52.2 Å². The summed E-state index contributed by atoms with van der Waals surface area (Å²) in [4.78, 5) is 13.1. The van der Waals surface area contributed by atoms with Gasteiger partial charge >= 0.3 is 0 Å². The van der Waals surface area contributed by atoms with Gasteiger partial charge in [-0.05, 0) is 67.3 Å². The molecule has 1 aromatic heterocycles. The minimum absolute atomic E-state index is 0.0448. The van der Waals surface area contributed by atoms with Crippen molar-refractivity contribution in [1.29, 1.82) is 0 Å². The van der Waals surface area contributed by atoms with Crippen molar-refractivity contribution in [3.05, 3.63) is 63.9 Å². The molecule has 3 rings (SSSR count). The van der Waals surface area contributed by atoms with Gasteiger partial charge in [-0.15, -0.1) is 0 Å². The number of pyridine rings is 1. The molecule has 1 heterocycles. The van der Waals surface area contributed by atoms with Crippen molar-refractivity contribution in [3.8, 4) is 5.75 Å². The van der Waals surface area contributed by atoms with E-state index in [9.17, 15) is 4.79 Å². The zero-order valence-electron chi connectivity index (χ0n) is 14.9. The molecule has 3 aromatic rings. The van der Waals surface area contributed by atoms with Gasteiger partial charge in [-0.3, -0.25) is 4.79 Å². The zero-order valence-corrected chi connectivity index (χ0v) is 15.7. The Hall–Kier alpha value is -2.40. The fraction of sp³-hybridized carbons (Fsp3) is 0.250. The van der Waals surface area contributed by atoms with E-state index in [-0.39, 0.29) is 5.56 Å². The molecular formula is C20H22N2O2S. The maximum atomic E-state index is 12.0. The van der Waals surface area contributed by atoms with Gasteiger partial charge in [-0.2, -0.15) is 0 Å². The molecule has 0 spiro atoms. The van der Waals surface area contributed by atoms with Gasteiger partial charge in [0.2, 0.25) is 0 Å². The molecule has 0 aliphatic heterocycles. The Morgan fingerprint density at radius 3 is 2.68 bits per heavy atom. The van der Waals surface area contributed by atoms with Crippen LogP contribution in [0.1, 0.15) is 18.1 Å². The van der Waals surface area contributed by atoms with Crippen molar-refractivity contribution in [2.45, 2.75) is 25.2 Å². The Balaban J connectivity index is 1.87. The number of aryl methyl sites for hydroxylation is 3. The van der Waals surface area contributed by atoms with Crippen LogP contribution >= 0.6 is 11.9 Å². The van der Waals surface area contributed by atoms with E-state index in [0.29, 0.717) is 0 Å². The van der Waals surface area contributed by atoms with E-state index in [4.69, 9.17) is 4.74 Å². The molecule has 0 unspecified atom stereocenters. The van der Waals surface area contributed by atoms with Crippen LogP contribution in [0.25, 0.3) is 10.9 Å². The first-order valence-electron chi connectivity index (χ1n) is 8.23. The van der Waals surface area contributed by atoms with Crippen LogP contribution in [0, 0.1) is 6.92 Å². The quantitative estimate of drug-likeness (QED) is 0.683. The van der Waals surface area contributed by atoms with E-state index in [0.717, 1.165) is 39.2 Å². The summed E-state index contributed by atoms with van der Waals surface area (Å²) in [6.45, 7) is 3.97. The maximum Gasteiger partial charge on any atom is 0.253 e. The molecule has 0 fully saturated rings. The molecule has 0 radical (unpaired) electrons. The summed E-state index contributed by atoms with van der Waals surface area (Å²) in [7, 11) is 3.50. The Bertz CT molecular complexity index is 979. The van der Waals surface area contributed by atoms with Crippen molar-refractivity contribution >= 4 is 28.5 Å². The second-order valence-electron chi connectivity index (χ2n) is 6.01. The van der Waals surface area contributed by atoms with Crippen LogP contribution in [0.4, 0.5) is 5.69 Å². The van der Waals surface area contributed by atoms with Gasteiger partial charge < -0.3 is 14.0 Å². The van der Waals surface area contributed by atoms with Crippen LogP contribution in [0.5, 0.6) is 5.75 Å². The number of benzene rings is 2. The second kappa shape index (κ2) is 7.23. The summed E-state index contributed by atoms with van der Waals surface area (Å²) < 4.78 is 10.5. The monoisotopic (exact) mass is 354 g/mol. The Kier molecular flexibility index (Phi) is 5.04. The molecule has 0 amide bonds. The first kappa shape index (κ1) is 17.4. The number of anilines is 1. The Labute approximate surface area is 152 Å². The highest BCUT2D eigenvalue weighted by atomic mass is 32.2. The van der Waals surface area contributed by atoms with Gasteiger partial charge in [-0.1, -0.05) is 13.0 Å². The van der Waals surface area contributed by atoms with Crippen LogP contribution in [-0.2, 0) is 13.5 Å². The number of aromatic nitrogens is 1. The summed E-state index contributed by atoms with van der Waals surface area (Å²) >= 11 is 1.52. The van der Waals surface area contributed by atoms with E-state index in [1.54, 1.807) is 18.7 Å². The van der Waals surface area contributed by atoms with E-state index in [1.165, 1.54) is 17.5 Å². The molecule has 2 aromatic carbocycles. The first-order valence-corrected chi connectivity index (χ1v) is 9.05. The average Bonchev–Trinajstić information content (AvgIpc) is 2.64. The third-order valence-corrected chi connectivity index (χ3v) is 5.21. The van der Waals surface area contributed by atoms with Crippen molar-refractivity contribution < 1.29 is 4.74 Å². The predicted molar refractivity (Wildman–Crippen MR) is 106 cm³/mol. The predicted octanol–water partition coefficient (Wildman–Crippen LogP) is 4.54. The highest BCUT2D eigenvalue weighted by Crippen LogP contribution is 2.31. The smallest absolute Gasteiger partial charge is 0.253 e. The molecule has 0 saturated carbocycles. The third kappa shape index (κ3) is 3.51. The van der Waals surface area contributed by atoms with Gasteiger partial charge in [0.05, 0.1) is 17.5 Å². The Morgan fingerprint density at radius 1 is 1.16 bits per heavy atom. The van der Waals surface area contributed by atoms with Crippen LogP contribution in [0.2, 0.25) is 0 Å². The van der Waals surface area contributed by atoms with Crippen molar-refractivity contribution in [2.75, 3.05) is 11.8 Å². The third-order valence-electron chi connectivity index (χ3n) is 4.32. The molecule has 0 atom stereocenters. The number of hydrogen-bond donors (Lipinski definition) is 1. The van der Waals surface area contributed by atoms with Gasteiger partial charge in [0.1, 0.15) is 5.75 Å². The molecule has 25 heavy (non-hydrogen) atoms. The fourth-order valence-electron chi connectivity index (χ4n) is 2.84. The molecule has 130 valence electrons. The normalized spacial score (nSPS) is 10.9. The topological polar surface area (TPSA) is 43.3 Å². The zero-order chi connectivity index (χ0) is 18.0. The minimum atomic E-state index is 0.0448. The van der Waals surface area contributed by atoms with E-state index in [2.05, 4.69) is 35.9 Å². The lowest BCUT2D eigenvalue weighted by atomic mass is 10.1. The highest BCUT2D eigenvalue weighted by molar-refractivity contribution is 8.00. The lowest BCUT2D eigenvalue weighted by molar-refractivity contribution is 0.404. The Morgan fingerprint density at radius 2 is 1.96 bits per heavy atom. The number of fused-ring (bicyclic) bond motifs is 1. The lowest BCUT2D eigenvalue weighted by Gasteiger charge is -2.12. The van der Waals surface area contributed by atoms with E-state index in [1.807, 2.05) is 25.1 Å². The van der Waals surface area contributed by atoms with E-state index < -0.39 is 0 Å². The largest absolute Gasteiger partial charge is 0.496 e. The maximum absolute atomic E-state index is 12.0. The van der Waals surface area contributed by atoms with E-state index >= 15 is 0 Å². The number of hydrogen-bond acceptors (Lipinski definition) is 4. The summed E-state index contributed by atoms with van der Waals surface area (Å²) in [6, 6.07) is 14.2. The van der Waals surface area contributed by atoms with Gasteiger partial charge in [0.25, 0.3) is 5.56 Å². The lowest BCUT2D eigenvalue weighted by Crippen LogP contribution is -2.19. The molecule has 1 N–H and O–H groups in total. The van der Waals surface area contributed by atoms with Crippen molar-refractivity contribution in [3.63, 3.8) is 0 Å². The molecule has 0 saturated heterocycles. The summed E-state index contributed by atoms with van der Waals surface area (Å²) in [5.74, 6) is 0.871. The summed E-state index contributed by atoms with van der Waals surface area (Å²) in [5, 5.41) is 1.04. The van der Waals surface area contributed by atoms with Crippen molar-refractivity contribution in [2.24, 2.45) is 7.05 Å². The summed E-state index contributed by atoms with van der Waals surface area (Å²) in [6.07, 6.45) is 0.984. The number of nitrogens with zero attached hydrogens (tertiary/aromatic N) is 1. The number of rotatable bonds is 5. The average molecular weight is 354 g/mol. The number of nitrogens with one attached hydrogen (secondary N) is 1. The van der Waals surface area contributed by atoms with Gasteiger partial charge in [0, 0.05) is 23.7 Å². The molecule has 4 nitrogen and oxygen atoms in total. The van der Waals surface area contributed by atoms with Crippen LogP contribution in [-0.4, -0.2) is 11.7 Å². The number of ether oxygens (including phenoxy) is 1. The van der Waals surface area contributed by atoms with Gasteiger partial charge in [-0.25, -0.2) is 0 Å². The standard InChI is InChI=1S/C20H22N2O2S/c1-5-14-6-9-19(18(11-14)24-4)25-21-16-7-8-17-15(12-16)10-13(2)20(23)22(17)3/h6-12,21H,5H2,1-4H3. The summed E-state index contributed by atoms with van der Waals surface area (Å²) in [5.41, 5.74) is 3.96. The first-order chi connectivity index (χ1) is 12.0. The molecule has 5 heteroatoms. The molecule has 0 bridgehead atoms. The van der Waals surface area contributed by atoms with Crippen molar-refractivity contribution in [1.82, 2.24) is 4.57 Å². The molecular weight excluding hydrogens is 332 g/mol. The molecule has 0 aliphatic rings. The number of methoxy groups -OCH3 is 1. The molecule has 0 aliphatic carbocycles. The second-order valence-corrected chi connectivity index (χ2v) is 6.86. The SMILES string of the molecule is CCc1ccc(SNc2ccc3c(c2)cc(C)c(=O)n3C)c(OC)c1. The fourth-order valence-corrected chi connectivity index (χ4v) is 3.57. The minimum Gasteiger partial charge on any atom is -0.496 e. The van der Waals surface area contributed by atoms with Gasteiger partial charge in [0.15, 0.2) is 0 Å².